The number of carboxylic acid groups (broad SMARTS) is 2. The van der Waals surface area contributed by atoms with E-state index in [9.17, 15) is 9.59 Å². The lowest BCUT2D eigenvalue weighted by atomic mass is 10.3. The number of benzene rings is 1. The van der Waals surface area contributed by atoms with Gasteiger partial charge in [0, 0.05) is 23.9 Å². The van der Waals surface area contributed by atoms with Gasteiger partial charge in [0.1, 0.15) is 0 Å². The second-order valence-corrected chi connectivity index (χ2v) is 3.07. The summed E-state index contributed by atoms with van der Waals surface area (Å²) in [5.74, 6) is -2.51. The summed E-state index contributed by atoms with van der Waals surface area (Å²) in [5.41, 5.74) is 1.21. The van der Waals surface area contributed by atoms with E-state index < -0.39 is 11.9 Å². The number of aromatic nitrogens is 1. The van der Waals surface area contributed by atoms with Gasteiger partial charge < -0.3 is 15.2 Å². The van der Waals surface area contributed by atoms with Crippen LogP contribution in [0, 0.1) is 0 Å². The van der Waals surface area contributed by atoms with Crippen molar-refractivity contribution in [3.8, 4) is 0 Å². The van der Waals surface area contributed by atoms with Crippen molar-refractivity contribution in [1.82, 2.24) is 4.98 Å². The van der Waals surface area contributed by atoms with Crippen molar-refractivity contribution < 1.29 is 19.8 Å². The van der Waals surface area contributed by atoms with Crippen LogP contribution >= 0.6 is 0 Å². The molecule has 0 fully saturated rings. The number of fused-ring (bicyclic) bond motifs is 1. The number of rotatable bonds is 2. The van der Waals surface area contributed by atoms with E-state index in [2.05, 4.69) is 23.2 Å². The Kier molecular flexibility index (Phi) is 4.50. The van der Waals surface area contributed by atoms with Crippen LogP contribution in [0.15, 0.2) is 48.7 Å². The zero-order chi connectivity index (χ0) is 12.7. The maximum absolute atomic E-state index is 9.55. The van der Waals surface area contributed by atoms with E-state index in [0.29, 0.717) is 12.2 Å². The van der Waals surface area contributed by atoms with E-state index in [0.717, 1.165) is 0 Å². The first kappa shape index (κ1) is 12.5. The quantitative estimate of drug-likeness (QED) is 0.691. The summed E-state index contributed by atoms with van der Waals surface area (Å²) in [7, 11) is 0. The van der Waals surface area contributed by atoms with Gasteiger partial charge in [-0.3, -0.25) is 0 Å². The summed E-state index contributed by atoms with van der Waals surface area (Å²) >= 11 is 0. The van der Waals surface area contributed by atoms with Crippen LogP contribution in [-0.4, -0.2) is 27.1 Å². The molecule has 0 radical (unpaired) electrons. The predicted molar refractivity (Wildman–Crippen MR) is 62.7 cm³/mol. The van der Waals surface area contributed by atoms with Crippen molar-refractivity contribution >= 4 is 22.8 Å². The summed E-state index contributed by atoms with van der Waals surface area (Å²) in [6, 6.07) is 10.3. The normalized spacial score (nSPS) is 9.88. The molecule has 88 valence electrons. The van der Waals surface area contributed by atoms with Crippen LogP contribution in [0.3, 0.4) is 0 Å². The van der Waals surface area contributed by atoms with Gasteiger partial charge in [-0.2, -0.15) is 0 Å². The van der Waals surface area contributed by atoms with Crippen LogP contribution in [0.4, 0.5) is 0 Å². The third kappa shape index (κ3) is 4.65. The summed E-state index contributed by atoms with van der Waals surface area (Å²) in [6.45, 7) is 0. The predicted octanol–water partition coefficient (Wildman–Crippen LogP) is 1.88. The van der Waals surface area contributed by atoms with Crippen molar-refractivity contribution in [3.05, 3.63) is 48.7 Å². The minimum atomic E-state index is -1.26. The third-order valence-electron chi connectivity index (χ3n) is 1.83. The fourth-order valence-electron chi connectivity index (χ4n) is 1.14. The van der Waals surface area contributed by atoms with E-state index in [1.165, 1.54) is 10.9 Å². The molecule has 0 atom stereocenters. The second-order valence-electron chi connectivity index (χ2n) is 3.07. The standard InChI is InChI=1S/C8H7N.C4H4O4/c1-2-4-8-7(3-1)5-6-9-8;5-3(6)1-2-4(7)8/h1-6,9H;1-2H,(H,5,6)(H,7,8). The first-order valence-electron chi connectivity index (χ1n) is 4.75. The number of carbonyl (C=O) groups is 2. The van der Waals surface area contributed by atoms with E-state index in [1.807, 2.05) is 18.3 Å². The van der Waals surface area contributed by atoms with E-state index in [4.69, 9.17) is 10.2 Å². The number of carboxylic acids is 2. The van der Waals surface area contributed by atoms with Gasteiger partial charge in [-0.15, -0.1) is 0 Å². The summed E-state index contributed by atoms with van der Waals surface area (Å²) in [4.78, 5) is 22.2. The Morgan fingerprint density at radius 1 is 1.00 bits per heavy atom. The number of hydrogen-bond donors (Lipinski definition) is 3. The molecule has 0 aliphatic carbocycles. The molecule has 1 heterocycles. The zero-order valence-corrected chi connectivity index (χ0v) is 8.83. The van der Waals surface area contributed by atoms with Gasteiger partial charge >= 0.3 is 11.9 Å². The molecule has 1 aromatic carbocycles. The zero-order valence-electron chi connectivity index (χ0n) is 8.83. The van der Waals surface area contributed by atoms with Crippen LogP contribution in [0.5, 0.6) is 0 Å². The number of aromatic amines is 1. The minimum Gasteiger partial charge on any atom is -0.478 e. The topological polar surface area (TPSA) is 90.4 Å². The minimum absolute atomic E-state index is 0.558. The number of para-hydroxylation sites is 1. The van der Waals surface area contributed by atoms with Crippen molar-refractivity contribution in [3.63, 3.8) is 0 Å². The number of hydrogen-bond acceptors (Lipinski definition) is 2. The highest BCUT2D eigenvalue weighted by atomic mass is 16.4. The van der Waals surface area contributed by atoms with Crippen molar-refractivity contribution in [2.24, 2.45) is 0 Å². The molecule has 0 bridgehead atoms. The molecule has 2 rings (SSSR count). The molecular formula is C12H11NO4. The summed E-state index contributed by atoms with van der Waals surface area (Å²) in [5, 5.41) is 16.9. The van der Waals surface area contributed by atoms with Crippen LogP contribution in [-0.2, 0) is 9.59 Å². The highest BCUT2D eigenvalue weighted by Gasteiger charge is 1.88. The first-order valence-corrected chi connectivity index (χ1v) is 4.75. The molecule has 0 saturated carbocycles. The van der Waals surface area contributed by atoms with Crippen LogP contribution in [0.2, 0.25) is 0 Å². The molecule has 0 spiro atoms. The monoisotopic (exact) mass is 233 g/mol. The molecule has 0 aliphatic rings. The number of H-pyrrole nitrogens is 1. The average Bonchev–Trinajstić information content (AvgIpc) is 2.75. The van der Waals surface area contributed by atoms with Crippen molar-refractivity contribution in [1.29, 1.82) is 0 Å². The van der Waals surface area contributed by atoms with Gasteiger partial charge in [0.05, 0.1) is 0 Å². The fourth-order valence-corrected chi connectivity index (χ4v) is 1.14. The first-order chi connectivity index (χ1) is 8.09. The second kappa shape index (κ2) is 6.12. The van der Waals surface area contributed by atoms with E-state index in [-0.39, 0.29) is 0 Å². The highest BCUT2D eigenvalue weighted by molar-refractivity contribution is 5.89. The van der Waals surface area contributed by atoms with Gasteiger partial charge in [-0.05, 0) is 17.5 Å². The smallest absolute Gasteiger partial charge is 0.328 e. The molecule has 0 amide bonds. The van der Waals surface area contributed by atoms with Gasteiger partial charge in [-0.25, -0.2) is 9.59 Å². The van der Waals surface area contributed by atoms with Crippen LogP contribution in [0.25, 0.3) is 10.9 Å². The van der Waals surface area contributed by atoms with Gasteiger partial charge in [0.2, 0.25) is 0 Å². The van der Waals surface area contributed by atoms with Crippen molar-refractivity contribution in [2.45, 2.75) is 0 Å². The van der Waals surface area contributed by atoms with Crippen LogP contribution in [0.1, 0.15) is 0 Å². The third-order valence-corrected chi connectivity index (χ3v) is 1.83. The fraction of sp³-hybridized carbons (Fsp3) is 0. The van der Waals surface area contributed by atoms with Crippen molar-refractivity contribution in [2.75, 3.05) is 0 Å². The van der Waals surface area contributed by atoms with Crippen LogP contribution < -0.4 is 0 Å². The van der Waals surface area contributed by atoms with Gasteiger partial charge in [-0.1, -0.05) is 18.2 Å². The summed E-state index contributed by atoms with van der Waals surface area (Å²) in [6.07, 6.45) is 3.06. The molecular weight excluding hydrogens is 222 g/mol. The lowest BCUT2D eigenvalue weighted by Crippen LogP contribution is -1.91. The Labute approximate surface area is 97.0 Å². The maximum Gasteiger partial charge on any atom is 0.328 e. The Balaban J connectivity index is 0.000000172. The van der Waals surface area contributed by atoms with Gasteiger partial charge in [0.25, 0.3) is 0 Å². The Morgan fingerprint density at radius 2 is 1.59 bits per heavy atom. The lowest BCUT2D eigenvalue weighted by Gasteiger charge is -1.83. The number of aliphatic carboxylic acids is 2. The SMILES string of the molecule is O=C(O)C=CC(=O)O.c1ccc2[nH]ccc2c1. The molecule has 3 N–H and O–H groups in total. The molecule has 0 unspecified atom stereocenters. The molecule has 5 heteroatoms. The molecule has 5 nitrogen and oxygen atoms in total. The average molecular weight is 233 g/mol. The molecule has 0 saturated heterocycles. The van der Waals surface area contributed by atoms with E-state index in [1.54, 1.807) is 0 Å². The maximum atomic E-state index is 9.55. The molecule has 17 heavy (non-hydrogen) atoms. The Bertz CT molecular complexity index is 496. The van der Waals surface area contributed by atoms with E-state index >= 15 is 0 Å². The number of nitrogens with one attached hydrogen (secondary N) is 1. The highest BCUT2D eigenvalue weighted by Crippen LogP contribution is 2.09. The summed E-state index contributed by atoms with van der Waals surface area (Å²) < 4.78 is 0. The van der Waals surface area contributed by atoms with Gasteiger partial charge in [0.15, 0.2) is 0 Å². The molecule has 1 aromatic heterocycles. The molecule has 2 aromatic rings. The largest absolute Gasteiger partial charge is 0.478 e. The Hall–Kier alpha value is -2.56. The lowest BCUT2D eigenvalue weighted by molar-refractivity contribution is -0.134. The Morgan fingerprint density at radius 3 is 2.12 bits per heavy atom. The molecule has 0 aliphatic heterocycles.